The lowest BCUT2D eigenvalue weighted by Crippen LogP contribution is -2.30. The Labute approximate surface area is 270 Å². The fourth-order valence-electron chi connectivity index (χ4n) is 4.88. The van der Waals surface area contributed by atoms with Gasteiger partial charge in [-0.05, 0) is 79.6 Å². The van der Waals surface area contributed by atoms with E-state index in [0.717, 1.165) is 11.1 Å². The van der Waals surface area contributed by atoms with Crippen molar-refractivity contribution in [3.63, 3.8) is 0 Å². The Balaban J connectivity index is 1.06. The molecule has 1 aliphatic rings. The second kappa shape index (κ2) is 20.3. The van der Waals surface area contributed by atoms with E-state index in [1.165, 1.54) is 0 Å². The normalized spacial score (nSPS) is 16.1. The third-order valence-electron chi connectivity index (χ3n) is 7.49. The first-order valence-corrected chi connectivity index (χ1v) is 15.7. The van der Waals surface area contributed by atoms with Crippen molar-refractivity contribution < 1.29 is 47.5 Å². The number of carbonyl (C=O) groups is 2. The summed E-state index contributed by atoms with van der Waals surface area (Å²) in [6, 6.07) is 24.3. The molecule has 1 saturated carbocycles. The Morgan fingerprint density at radius 2 is 1.11 bits per heavy atom. The molecular weight excluding hydrogens is 592 g/mol. The maximum Gasteiger partial charge on any atom is 0.314 e. The van der Waals surface area contributed by atoms with Crippen LogP contribution in [0.3, 0.4) is 0 Å². The first-order chi connectivity index (χ1) is 22.6. The summed E-state index contributed by atoms with van der Waals surface area (Å²) in [5.41, 5.74) is 2.17. The summed E-state index contributed by atoms with van der Waals surface area (Å²) in [6.07, 6.45) is 3.00. The molecule has 248 valence electrons. The van der Waals surface area contributed by atoms with E-state index in [2.05, 4.69) is 0 Å². The van der Waals surface area contributed by atoms with Gasteiger partial charge in [0.05, 0.1) is 44.9 Å². The minimum absolute atomic E-state index is 0.151. The molecule has 0 heterocycles. The summed E-state index contributed by atoms with van der Waals surface area (Å²) < 4.78 is 43.3. The van der Waals surface area contributed by atoms with E-state index in [1.54, 1.807) is 43.5 Å². The van der Waals surface area contributed by atoms with Crippen molar-refractivity contribution in [2.75, 3.05) is 53.7 Å². The molecule has 0 amide bonds. The quantitative estimate of drug-likeness (QED) is 0.0658. The van der Waals surface area contributed by atoms with Gasteiger partial charge in [-0.25, -0.2) is 0 Å². The van der Waals surface area contributed by atoms with Gasteiger partial charge in [-0.15, -0.1) is 0 Å². The number of esters is 2. The lowest BCUT2D eigenvalue weighted by molar-refractivity contribution is -0.145. The fraction of sp³-hybridized carbons (Fsp3) is 0.444. The molecule has 0 bridgehead atoms. The molecule has 1 fully saturated rings. The highest BCUT2D eigenvalue weighted by atomic mass is 16.7. The van der Waals surface area contributed by atoms with Crippen molar-refractivity contribution in [1.29, 1.82) is 0 Å². The number of carbonyl (C=O) groups excluding carboxylic acids is 2. The smallest absolute Gasteiger partial charge is 0.314 e. The second-order valence-corrected chi connectivity index (χ2v) is 10.9. The zero-order valence-corrected chi connectivity index (χ0v) is 26.4. The van der Waals surface area contributed by atoms with Gasteiger partial charge in [0.15, 0.2) is 0 Å². The molecule has 10 heteroatoms. The number of rotatable bonds is 20. The van der Waals surface area contributed by atoms with Crippen molar-refractivity contribution >= 4 is 11.9 Å². The minimum atomic E-state index is -0.281. The summed E-state index contributed by atoms with van der Waals surface area (Å²) in [6.45, 7) is 3.23. The van der Waals surface area contributed by atoms with Gasteiger partial charge in [0, 0.05) is 7.11 Å². The molecule has 0 radical (unpaired) electrons. The highest BCUT2D eigenvalue weighted by Crippen LogP contribution is 2.31. The summed E-state index contributed by atoms with van der Waals surface area (Å²) >= 11 is 0. The Morgan fingerprint density at radius 1 is 0.565 bits per heavy atom. The zero-order valence-electron chi connectivity index (χ0n) is 26.4. The van der Waals surface area contributed by atoms with Crippen molar-refractivity contribution in [2.45, 2.75) is 38.7 Å². The Morgan fingerprint density at radius 3 is 1.72 bits per heavy atom. The Hall–Kier alpha value is -3.80. The van der Waals surface area contributed by atoms with Crippen LogP contribution in [0.25, 0.3) is 0 Å². The van der Waals surface area contributed by atoms with Gasteiger partial charge in [0.1, 0.15) is 37.4 Å². The van der Waals surface area contributed by atoms with Crippen molar-refractivity contribution in [3.05, 3.63) is 90.0 Å². The van der Waals surface area contributed by atoms with E-state index >= 15 is 0 Å². The Bertz CT molecular complexity index is 1270. The largest absolute Gasteiger partial charge is 0.491 e. The Kier molecular flexibility index (Phi) is 15.5. The average molecular weight is 637 g/mol. The van der Waals surface area contributed by atoms with Crippen molar-refractivity contribution in [1.82, 2.24) is 0 Å². The predicted molar refractivity (Wildman–Crippen MR) is 169 cm³/mol. The zero-order chi connectivity index (χ0) is 32.2. The topological polar surface area (TPSA) is 108 Å². The van der Waals surface area contributed by atoms with E-state index in [-0.39, 0.29) is 37.4 Å². The lowest BCUT2D eigenvalue weighted by atomic mass is 9.82. The minimum Gasteiger partial charge on any atom is -0.491 e. The van der Waals surface area contributed by atoms with Crippen LogP contribution in [-0.4, -0.2) is 65.7 Å². The van der Waals surface area contributed by atoms with E-state index in [9.17, 15) is 9.59 Å². The van der Waals surface area contributed by atoms with Crippen LogP contribution in [0.4, 0.5) is 0 Å². The SMILES string of the molecule is COCCOCOCOCCc1ccc(OC(=O)[C@H]2CC[C@H](C(=O)Oc3ccc(OCCOCc4ccccc4)cc3)CC2)cc1. The molecule has 0 spiro atoms. The van der Waals surface area contributed by atoms with Crippen LogP contribution in [0.1, 0.15) is 36.8 Å². The van der Waals surface area contributed by atoms with Gasteiger partial charge in [0.25, 0.3) is 0 Å². The molecule has 0 saturated heterocycles. The maximum absolute atomic E-state index is 12.8. The standard InChI is InChI=1S/C36H44O10/c1-39-21-22-42-27-43-26-41-20-19-28-7-13-33(14-8-28)45-35(37)30-9-11-31(12-10-30)36(38)46-34-17-15-32(16-18-34)44-24-23-40-25-29-5-3-2-4-6-29/h2-8,13-18,30-31H,9-12,19-27H2,1H3/t30-,31-. The van der Waals surface area contributed by atoms with Crippen LogP contribution in [0.2, 0.25) is 0 Å². The molecular formula is C36H44O10. The third-order valence-corrected chi connectivity index (χ3v) is 7.49. The van der Waals surface area contributed by atoms with Crippen LogP contribution >= 0.6 is 0 Å². The summed E-state index contributed by atoms with van der Waals surface area (Å²) in [7, 11) is 1.61. The van der Waals surface area contributed by atoms with Crippen molar-refractivity contribution in [3.8, 4) is 17.2 Å². The van der Waals surface area contributed by atoms with Gasteiger partial charge >= 0.3 is 11.9 Å². The molecule has 0 aromatic heterocycles. The second-order valence-electron chi connectivity index (χ2n) is 10.9. The van der Waals surface area contributed by atoms with E-state index in [1.807, 2.05) is 42.5 Å². The van der Waals surface area contributed by atoms with Crippen LogP contribution in [0.5, 0.6) is 17.2 Å². The van der Waals surface area contributed by atoms with Gasteiger partial charge in [-0.1, -0.05) is 42.5 Å². The monoisotopic (exact) mass is 636 g/mol. The van der Waals surface area contributed by atoms with E-state index in [4.69, 9.17) is 37.9 Å². The summed E-state index contributed by atoms with van der Waals surface area (Å²) in [5, 5.41) is 0. The molecule has 0 atom stereocenters. The van der Waals surface area contributed by atoms with E-state index < -0.39 is 0 Å². The average Bonchev–Trinajstić information content (AvgIpc) is 3.09. The first kappa shape index (κ1) is 35.1. The number of hydrogen-bond acceptors (Lipinski definition) is 10. The molecule has 46 heavy (non-hydrogen) atoms. The molecule has 0 aliphatic heterocycles. The summed E-state index contributed by atoms with van der Waals surface area (Å²) in [4.78, 5) is 25.6. The summed E-state index contributed by atoms with van der Waals surface area (Å²) in [5.74, 6) is 0.587. The van der Waals surface area contributed by atoms with Crippen LogP contribution in [-0.2, 0) is 46.3 Å². The van der Waals surface area contributed by atoms with Gasteiger partial charge in [0.2, 0.25) is 0 Å². The maximum atomic E-state index is 12.8. The third kappa shape index (κ3) is 12.9. The van der Waals surface area contributed by atoms with Gasteiger partial charge in [-0.2, -0.15) is 0 Å². The number of hydrogen-bond donors (Lipinski definition) is 0. The van der Waals surface area contributed by atoms with Crippen LogP contribution in [0.15, 0.2) is 78.9 Å². The van der Waals surface area contributed by atoms with Gasteiger partial charge in [-0.3, -0.25) is 9.59 Å². The molecule has 0 N–H and O–H groups in total. The van der Waals surface area contributed by atoms with Crippen molar-refractivity contribution in [2.24, 2.45) is 11.8 Å². The molecule has 3 aromatic rings. The fourth-order valence-corrected chi connectivity index (χ4v) is 4.88. The molecule has 1 aliphatic carbocycles. The molecule has 4 rings (SSSR count). The van der Waals surface area contributed by atoms with Crippen LogP contribution < -0.4 is 14.2 Å². The first-order valence-electron chi connectivity index (χ1n) is 15.7. The highest BCUT2D eigenvalue weighted by molar-refractivity contribution is 5.77. The van der Waals surface area contributed by atoms with Crippen LogP contribution in [0, 0.1) is 11.8 Å². The number of benzene rings is 3. The highest BCUT2D eigenvalue weighted by Gasteiger charge is 2.32. The molecule has 10 nitrogen and oxygen atoms in total. The molecule has 3 aromatic carbocycles. The number of methoxy groups -OCH3 is 1. The lowest BCUT2D eigenvalue weighted by Gasteiger charge is -2.25. The number of ether oxygens (including phenoxy) is 8. The predicted octanol–water partition coefficient (Wildman–Crippen LogP) is 5.75. The van der Waals surface area contributed by atoms with E-state index in [0.29, 0.717) is 89.0 Å². The van der Waals surface area contributed by atoms with Gasteiger partial charge < -0.3 is 37.9 Å². The molecule has 0 unspecified atom stereocenters.